The van der Waals surface area contributed by atoms with Gasteiger partial charge in [0.05, 0.1) is 14.7 Å². The lowest BCUT2D eigenvalue weighted by molar-refractivity contribution is -0.176. The molecule has 114 valence electrons. The second-order valence-electron chi connectivity index (χ2n) is 7.81. The van der Waals surface area contributed by atoms with Crippen molar-refractivity contribution in [2.24, 2.45) is 22.7 Å². The highest BCUT2D eigenvalue weighted by Gasteiger charge is 2.60. The molecular weight excluding hydrogens is 379 g/mol. The van der Waals surface area contributed by atoms with Crippen molar-refractivity contribution in [2.45, 2.75) is 52.0 Å². The summed E-state index contributed by atoms with van der Waals surface area (Å²) in [6.07, 6.45) is 8.46. The Bertz CT molecular complexity index is 576. The number of aromatic nitrogens is 2. The van der Waals surface area contributed by atoms with Crippen LogP contribution in [0.2, 0.25) is 0 Å². The third-order valence-corrected chi connectivity index (χ3v) is 7.08. The molecule has 1 heterocycles. The molecule has 0 spiro atoms. The Hall–Kier alpha value is -0.590. The summed E-state index contributed by atoms with van der Waals surface area (Å²) < 4.78 is 3.27. The van der Waals surface area contributed by atoms with Gasteiger partial charge in [-0.15, -0.1) is 0 Å². The lowest BCUT2D eigenvalue weighted by Crippen LogP contribution is -2.56. The monoisotopic (exact) mass is 400 g/mol. The van der Waals surface area contributed by atoms with Crippen LogP contribution in [0.1, 0.15) is 44.2 Å². The predicted octanol–water partition coefficient (Wildman–Crippen LogP) is 3.47. The van der Waals surface area contributed by atoms with Gasteiger partial charge in [0.1, 0.15) is 0 Å². The molecule has 4 saturated carbocycles. The van der Waals surface area contributed by atoms with Crippen molar-refractivity contribution in [3.63, 3.8) is 0 Å². The van der Waals surface area contributed by atoms with Crippen molar-refractivity contribution < 1.29 is 9.90 Å². The standard InChI is InChI=1S/C16H21IN2O2/c1-10-13(17)7-19(18-10)9-15-3-11-2-12(4-15)6-16(5-11,8-15)14(20)21/h7,11-12H,2-6,8-9H2,1H3,(H,20,21)/t11-,12+,15+,16-. The topological polar surface area (TPSA) is 55.1 Å². The number of halogens is 1. The van der Waals surface area contributed by atoms with Gasteiger partial charge in [0.25, 0.3) is 0 Å². The summed E-state index contributed by atoms with van der Waals surface area (Å²) in [6, 6.07) is 0. The van der Waals surface area contributed by atoms with Gasteiger partial charge < -0.3 is 5.11 Å². The van der Waals surface area contributed by atoms with Crippen LogP contribution in [0.4, 0.5) is 0 Å². The van der Waals surface area contributed by atoms with E-state index in [2.05, 4.69) is 38.6 Å². The van der Waals surface area contributed by atoms with Crippen LogP contribution < -0.4 is 0 Å². The zero-order chi connectivity index (χ0) is 14.8. The second kappa shape index (κ2) is 4.46. The fraction of sp³-hybridized carbons (Fsp3) is 0.750. The molecule has 0 radical (unpaired) electrons. The molecule has 1 aromatic rings. The molecule has 0 aromatic carbocycles. The Morgan fingerprint density at radius 1 is 1.43 bits per heavy atom. The van der Waals surface area contributed by atoms with Gasteiger partial charge in [-0.1, -0.05) is 0 Å². The van der Waals surface area contributed by atoms with Crippen LogP contribution in [0.3, 0.4) is 0 Å². The molecule has 0 saturated heterocycles. The maximum atomic E-state index is 11.9. The van der Waals surface area contributed by atoms with Gasteiger partial charge >= 0.3 is 5.97 Å². The molecule has 4 aliphatic rings. The van der Waals surface area contributed by atoms with E-state index >= 15 is 0 Å². The van der Waals surface area contributed by atoms with E-state index in [1.807, 2.05) is 6.92 Å². The lowest BCUT2D eigenvalue weighted by atomic mass is 9.44. The number of hydrogen-bond donors (Lipinski definition) is 1. The maximum Gasteiger partial charge on any atom is 0.309 e. The summed E-state index contributed by atoms with van der Waals surface area (Å²) >= 11 is 2.32. The number of hydrogen-bond acceptors (Lipinski definition) is 2. The maximum absolute atomic E-state index is 11.9. The highest BCUT2D eigenvalue weighted by Crippen LogP contribution is 2.65. The molecule has 4 aliphatic carbocycles. The van der Waals surface area contributed by atoms with E-state index in [9.17, 15) is 9.90 Å². The van der Waals surface area contributed by atoms with Crippen LogP contribution >= 0.6 is 22.6 Å². The van der Waals surface area contributed by atoms with Gasteiger partial charge in [-0.25, -0.2) is 0 Å². The zero-order valence-corrected chi connectivity index (χ0v) is 14.5. The number of carbonyl (C=O) groups is 1. The highest BCUT2D eigenvalue weighted by atomic mass is 127. The normalized spacial score (nSPS) is 40.7. The van der Waals surface area contributed by atoms with E-state index in [4.69, 9.17) is 0 Å². The third kappa shape index (κ3) is 2.14. The Labute approximate surface area is 138 Å². The van der Waals surface area contributed by atoms with E-state index in [-0.39, 0.29) is 5.41 Å². The molecule has 4 bridgehead atoms. The van der Waals surface area contributed by atoms with E-state index in [1.54, 1.807) is 0 Å². The first-order chi connectivity index (χ1) is 9.90. The smallest absolute Gasteiger partial charge is 0.309 e. The van der Waals surface area contributed by atoms with Gasteiger partial charge in [-0.3, -0.25) is 9.48 Å². The summed E-state index contributed by atoms with van der Waals surface area (Å²) in [6.45, 7) is 2.94. The molecule has 0 unspecified atom stereocenters. The molecule has 0 amide bonds. The number of rotatable bonds is 3. The summed E-state index contributed by atoms with van der Waals surface area (Å²) in [5.74, 6) is 0.698. The van der Waals surface area contributed by atoms with E-state index in [1.165, 1.54) is 22.8 Å². The minimum Gasteiger partial charge on any atom is -0.481 e. The van der Waals surface area contributed by atoms with Crippen LogP contribution in [0.25, 0.3) is 0 Å². The number of nitrogens with zero attached hydrogens (tertiary/aromatic N) is 2. The average Bonchev–Trinajstić information content (AvgIpc) is 2.65. The van der Waals surface area contributed by atoms with Crippen molar-refractivity contribution >= 4 is 28.6 Å². The van der Waals surface area contributed by atoms with E-state index in [0.29, 0.717) is 11.8 Å². The first-order valence-electron chi connectivity index (χ1n) is 7.83. The molecule has 1 aromatic heterocycles. The molecule has 4 nitrogen and oxygen atoms in total. The summed E-state index contributed by atoms with van der Waals surface area (Å²) in [7, 11) is 0. The Balaban J connectivity index is 1.66. The van der Waals surface area contributed by atoms with Crippen molar-refractivity contribution in [1.29, 1.82) is 0 Å². The molecule has 1 N–H and O–H groups in total. The van der Waals surface area contributed by atoms with Crippen LogP contribution in [0.15, 0.2) is 6.20 Å². The van der Waals surface area contributed by atoms with E-state index in [0.717, 1.165) is 31.5 Å². The number of carboxylic acids is 1. The SMILES string of the molecule is Cc1nn(C[C@@]23C[C@H]4C[C@@H](C2)C[C@](C(=O)O)(C4)C3)cc1I. The minimum atomic E-state index is -0.549. The van der Waals surface area contributed by atoms with Gasteiger partial charge in [0, 0.05) is 12.7 Å². The van der Waals surface area contributed by atoms with Gasteiger partial charge in [-0.2, -0.15) is 5.10 Å². The first-order valence-corrected chi connectivity index (χ1v) is 8.91. The quantitative estimate of drug-likeness (QED) is 0.791. The van der Waals surface area contributed by atoms with E-state index < -0.39 is 11.4 Å². The predicted molar refractivity (Wildman–Crippen MR) is 86.9 cm³/mol. The number of aliphatic carboxylic acids is 1. The van der Waals surface area contributed by atoms with Crippen molar-refractivity contribution in [3.05, 3.63) is 15.5 Å². The van der Waals surface area contributed by atoms with Crippen molar-refractivity contribution in [3.8, 4) is 0 Å². The second-order valence-corrected chi connectivity index (χ2v) is 8.97. The average molecular weight is 400 g/mol. The molecule has 5 rings (SSSR count). The fourth-order valence-electron chi connectivity index (χ4n) is 5.81. The Morgan fingerprint density at radius 3 is 2.62 bits per heavy atom. The zero-order valence-electron chi connectivity index (χ0n) is 12.3. The molecule has 4 fully saturated rings. The summed E-state index contributed by atoms with van der Waals surface area (Å²) in [4.78, 5) is 11.9. The van der Waals surface area contributed by atoms with Crippen molar-refractivity contribution in [2.75, 3.05) is 0 Å². The molecule has 5 heteroatoms. The summed E-state index contributed by atoms with van der Waals surface area (Å²) in [5.41, 5.74) is 0.817. The van der Waals surface area contributed by atoms with Gasteiger partial charge in [0.15, 0.2) is 0 Å². The largest absolute Gasteiger partial charge is 0.481 e. The third-order valence-electron chi connectivity index (χ3n) is 6.02. The Morgan fingerprint density at radius 2 is 2.10 bits per heavy atom. The van der Waals surface area contributed by atoms with Crippen LogP contribution in [-0.4, -0.2) is 20.9 Å². The number of aryl methyl sites for hydroxylation is 1. The fourth-order valence-corrected chi connectivity index (χ4v) is 6.23. The number of carboxylic acid groups (broad SMARTS) is 1. The summed E-state index contributed by atoms with van der Waals surface area (Å²) in [5, 5.41) is 14.4. The Kier molecular flexibility index (Phi) is 2.98. The lowest BCUT2D eigenvalue weighted by Gasteiger charge is -2.60. The van der Waals surface area contributed by atoms with Gasteiger partial charge in [0.2, 0.25) is 0 Å². The highest BCUT2D eigenvalue weighted by molar-refractivity contribution is 14.1. The van der Waals surface area contributed by atoms with Gasteiger partial charge in [-0.05, 0) is 85.3 Å². The van der Waals surface area contributed by atoms with Crippen molar-refractivity contribution in [1.82, 2.24) is 9.78 Å². The molecular formula is C16H21IN2O2. The van der Waals surface area contributed by atoms with Crippen LogP contribution in [-0.2, 0) is 11.3 Å². The minimum absolute atomic E-state index is 0.171. The molecule has 4 atom stereocenters. The van der Waals surface area contributed by atoms with Crippen LogP contribution in [0.5, 0.6) is 0 Å². The molecule has 21 heavy (non-hydrogen) atoms. The van der Waals surface area contributed by atoms with Crippen LogP contribution in [0, 0.1) is 33.2 Å². The first kappa shape index (κ1) is 14.0. The molecule has 0 aliphatic heterocycles.